The Labute approximate surface area is 181 Å². The van der Waals surface area contributed by atoms with Gasteiger partial charge in [-0.3, -0.25) is 4.79 Å². The second-order valence-electron chi connectivity index (χ2n) is 7.35. The minimum absolute atomic E-state index is 0.0644. The van der Waals surface area contributed by atoms with Crippen molar-refractivity contribution in [3.8, 4) is 11.5 Å². The summed E-state index contributed by atoms with van der Waals surface area (Å²) in [4.78, 5) is 25.6. The van der Waals surface area contributed by atoms with Crippen molar-refractivity contribution in [2.24, 2.45) is 0 Å². The molecule has 3 rings (SSSR count). The fourth-order valence-electron chi connectivity index (χ4n) is 3.15. The van der Waals surface area contributed by atoms with Crippen LogP contribution < -0.4 is 20.2 Å². The van der Waals surface area contributed by atoms with Crippen LogP contribution in [0.25, 0.3) is 11.0 Å². The van der Waals surface area contributed by atoms with Crippen LogP contribution in [0.15, 0.2) is 64.0 Å². The van der Waals surface area contributed by atoms with Gasteiger partial charge >= 0.3 is 6.09 Å². The van der Waals surface area contributed by atoms with Gasteiger partial charge in [0.25, 0.3) is 0 Å². The zero-order valence-corrected chi connectivity index (χ0v) is 17.9. The first-order valence-corrected chi connectivity index (χ1v) is 10.4. The van der Waals surface area contributed by atoms with Crippen LogP contribution in [0.4, 0.5) is 4.79 Å². The molecule has 1 N–H and O–H groups in total. The van der Waals surface area contributed by atoms with Gasteiger partial charge in [0.1, 0.15) is 17.1 Å². The highest BCUT2D eigenvalue weighted by Crippen LogP contribution is 2.19. The Morgan fingerprint density at radius 2 is 2.00 bits per heavy atom. The highest BCUT2D eigenvalue weighted by molar-refractivity contribution is 5.77. The summed E-state index contributed by atoms with van der Waals surface area (Å²) in [6.45, 7) is 4.70. The molecular weight excluding hydrogens is 396 g/mol. The largest absolute Gasteiger partial charge is 0.493 e. The maximum Gasteiger partial charge on any atom is 0.412 e. The lowest BCUT2D eigenvalue weighted by atomic mass is 10.2. The second-order valence-corrected chi connectivity index (χ2v) is 7.35. The molecule has 1 heterocycles. The Bertz CT molecular complexity index is 1060. The highest BCUT2D eigenvalue weighted by atomic mass is 16.6. The van der Waals surface area contributed by atoms with Crippen molar-refractivity contribution in [2.45, 2.75) is 26.3 Å². The van der Waals surface area contributed by atoms with Crippen molar-refractivity contribution in [2.75, 3.05) is 26.7 Å². The number of hydrogen-bond donors (Lipinski definition) is 1. The number of rotatable bonds is 10. The van der Waals surface area contributed by atoms with Gasteiger partial charge in [-0.15, -0.1) is 0 Å². The highest BCUT2D eigenvalue weighted by Gasteiger charge is 2.07. The van der Waals surface area contributed by atoms with Crippen LogP contribution in [0, 0.1) is 0 Å². The molecule has 0 fully saturated rings. The lowest BCUT2D eigenvalue weighted by molar-refractivity contribution is 0.200. The minimum atomic E-state index is -0.433. The summed E-state index contributed by atoms with van der Waals surface area (Å²) in [6, 6.07) is 14.2. The van der Waals surface area contributed by atoms with Gasteiger partial charge in [0, 0.05) is 31.8 Å². The van der Waals surface area contributed by atoms with E-state index < -0.39 is 6.09 Å². The van der Waals surface area contributed by atoms with E-state index in [4.69, 9.17) is 13.9 Å². The Balaban J connectivity index is 1.43. The normalized spacial score (nSPS) is 10.9. The molecule has 7 heteroatoms. The maximum absolute atomic E-state index is 11.8. The summed E-state index contributed by atoms with van der Waals surface area (Å²) in [6.07, 6.45) is 2.66. The smallest absolute Gasteiger partial charge is 0.412 e. The van der Waals surface area contributed by atoms with Gasteiger partial charge in [-0.05, 0) is 49.7 Å². The molecule has 0 unspecified atom stereocenters. The number of nitrogens with zero attached hydrogens (tertiary/aromatic N) is 1. The zero-order valence-electron chi connectivity index (χ0n) is 17.9. The van der Waals surface area contributed by atoms with E-state index in [0.29, 0.717) is 35.6 Å². The molecule has 7 nitrogen and oxygen atoms in total. The topological polar surface area (TPSA) is 81.0 Å². The Morgan fingerprint density at radius 3 is 2.84 bits per heavy atom. The van der Waals surface area contributed by atoms with Crippen molar-refractivity contribution >= 4 is 17.1 Å². The first-order chi connectivity index (χ1) is 15.0. The van der Waals surface area contributed by atoms with Crippen molar-refractivity contribution in [1.82, 2.24) is 10.2 Å². The number of nitrogens with one attached hydrogen (secondary N) is 1. The van der Waals surface area contributed by atoms with Gasteiger partial charge < -0.3 is 24.1 Å². The number of carbonyl (C=O) groups is 1. The first-order valence-electron chi connectivity index (χ1n) is 10.4. The van der Waals surface area contributed by atoms with Crippen LogP contribution in [-0.2, 0) is 6.54 Å². The molecule has 0 atom stereocenters. The molecule has 0 aliphatic rings. The Kier molecular flexibility index (Phi) is 8.06. The summed E-state index contributed by atoms with van der Waals surface area (Å²) < 4.78 is 16.5. The maximum atomic E-state index is 11.8. The number of fused-ring (bicyclic) bond motifs is 1. The molecule has 1 aromatic heterocycles. The summed E-state index contributed by atoms with van der Waals surface area (Å²) in [5, 5.41) is 3.24. The molecule has 0 spiro atoms. The van der Waals surface area contributed by atoms with Crippen molar-refractivity contribution in [3.05, 3.63) is 70.6 Å². The predicted octanol–water partition coefficient (Wildman–Crippen LogP) is 4.19. The van der Waals surface area contributed by atoms with Crippen LogP contribution in [0.3, 0.4) is 0 Å². The average Bonchev–Trinajstić information content (AvgIpc) is 2.75. The van der Waals surface area contributed by atoms with Gasteiger partial charge in [-0.1, -0.05) is 19.1 Å². The molecular formula is C24H28N2O5. The average molecular weight is 424 g/mol. The summed E-state index contributed by atoms with van der Waals surface area (Å²) >= 11 is 0. The van der Waals surface area contributed by atoms with Crippen LogP contribution in [0.1, 0.15) is 25.3 Å². The van der Waals surface area contributed by atoms with Crippen molar-refractivity contribution in [3.63, 3.8) is 0 Å². The standard InChI is InChI=1S/C24H28N2O5/c1-3-11-25-24(28)31-20-7-4-6-18(15-20)17-26(2)12-5-13-29-19-8-9-21-22(27)10-14-30-23(21)16-19/h4,6-10,14-16H,3,5,11-13,17H2,1-2H3,(H,25,28). The summed E-state index contributed by atoms with van der Waals surface area (Å²) in [7, 11) is 2.03. The monoisotopic (exact) mass is 424 g/mol. The molecule has 3 aromatic rings. The fraction of sp³-hybridized carbons (Fsp3) is 0.333. The predicted molar refractivity (Wildman–Crippen MR) is 120 cm³/mol. The fourth-order valence-corrected chi connectivity index (χ4v) is 3.15. The SMILES string of the molecule is CCCNC(=O)Oc1cccc(CN(C)CCCOc2ccc3c(=O)ccoc3c2)c1. The van der Waals surface area contributed by atoms with E-state index in [1.54, 1.807) is 24.3 Å². The van der Waals surface area contributed by atoms with E-state index in [1.165, 1.54) is 12.3 Å². The molecule has 0 aliphatic carbocycles. The quantitative estimate of drug-likeness (QED) is 0.492. The molecule has 2 aromatic carbocycles. The van der Waals surface area contributed by atoms with Gasteiger partial charge in [0.15, 0.2) is 5.43 Å². The van der Waals surface area contributed by atoms with Crippen LogP contribution in [0.2, 0.25) is 0 Å². The number of hydrogen-bond acceptors (Lipinski definition) is 6. The molecule has 31 heavy (non-hydrogen) atoms. The van der Waals surface area contributed by atoms with E-state index in [0.717, 1.165) is 31.5 Å². The third kappa shape index (κ3) is 6.86. The zero-order chi connectivity index (χ0) is 22.1. The van der Waals surface area contributed by atoms with Gasteiger partial charge in [-0.2, -0.15) is 0 Å². The molecule has 0 saturated carbocycles. The molecule has 0 saturated heterocycles. The Hall–Kier alpha value is -3.32. The minimum Gasteiger partial charge on any atom is -0.493 e. The van der Waals surface area contributed by atoms with E-state index in [2.05, 4.69) is 10.2 Å². The Morgan fingerprint density at radius 1 is 1.13 bits per heavy atom. The summed E-state index contributed by atoms with van der Waals surface area (Å²) in [5.74, 6) is 1.21. The van der Waals surface area contributed by atoms with Gasteiger partial charge in [0.05, 0.1) is 18.3 Å². The summed E-state index contributed by atoms with van der Waals surface area (Å²) in [5.41, 5.74) is 1.52. The molecule has 164 valence electrons. The van der Waals surface area contributed by atoms with Gasteiger partial charge in [-0.25, -0.2) is 4.79 Å². The number of ether oxygens (including phenoxy) is 2. The van der Waals surface area contributed by atoms with E-state index in [-0.39, 0.29) is 5.43 Å². The van der Waals surface area contributed by atoms with Crippen LogP contribution in [0.5, 0.6) is 11.5 Å². The third-order valence-corrected chi connectivity index (χ3v) is 4.67. The second kappa shape index (κ2) is 11.2. The van der Waals surface area contributed by atoms with E-state index >= 15 is 0 Å². The van der Waals surface area contributed by atoms with Gasteiger partial charge in [0.2, 0.25) is 0 Å². The molecule has 0 radical (unpaired) electrons. The first kappa shape index (κ1) is 22.4. The number of benzene rings is 2. The van der Waals surface area contributed by atoms with E-state index in [1.807, 2.05) is 32.2 Å². The number of carbonyl (C=O) groups excluding carboxylic acids is 1. The molecule has 0 bridgehead atoms. The third-order valence-electron chi connectivity index (χ3n) is 4.67. The van der Waals surface area contributed by atoms with Crippen molar-refractivity contribution in [1.29, 1.82) is 0 Å². The number of amides is 1. The molecule has 1 amide bonds. The van der Waals surface area contributed by atoms with Crippen LogP contribution in [-0.4, -0.2) is 37.7 Å². The lowest BCUT2D eigenvalue weighted by Gasteiger charge is -2.17. The van der Waals surface area contributed by atoms with E-state index in [9.17, 15) is 9.59 Å². The van der Waals surface area contributed by atoms with Crippen LogP contribution >= 0.6 is 0 Å². The molecule has 0 aliphatic heterocycles. The van der Waals surface area contributed by atoms with Crippen molar-refractivity contribution < 1.29 is 18.7 Å². The lowest BCUT2D eigenvalue weighted by Crippen LogP contribution is -2.27.